The van der Waals surface area contributed by atoms with E-state index in [9.17, 15) is 9.59 Å². The molecule has 0 radical (unpaired) electrons. The highest BCUT2D eigenvalue weighted by atomic mass is 35.5. The van der Waals surface area contributed by atoms with E-state index in [4.69, 9.17) is 23.2 Å². The van der Waals surface area contributed by atoms with E-state index in [0.717, 1.165) is 0 Å². The van der Waals surface area contributed by atoms with Crippen molar-refractivity contribution in [1.29, 1.82) is 0 Å². The zero-order chi connectivity index (χ0) is 15.6. The van der Waals surface area contributed by atoms with Crippen LogP contribution in [0.25, 0.3) is 0 Å². The molecule has 112 valence electrons. The van der Waals surface area contributed by atoms with Crippen LogP contribution in [-0.2, 0) is 9.59 Å². The van der Waals surface area contributed by atoms with Crippen LogP contribution in [0.4, 0.5) is 5.69 Å². The van der Waals surface area contributed by atoms with Gasteiger partial charge in [0.1, 0.15) is 5.25 Å². The fourth-order valence-electron chi connectivity index (χ4n) is 1.67. The molecule has 0 aliphatic carbocycles. The predicted molar refractivity (Wildman–Crippen MR) is 87.2 cm³/mol. The number of carbonyl (C=O) groups excluding carboxylic acids is 2. The molecule has 0 bridgehead atoms. The monoisotopic (exact) mass is 345 g/mol. The summed E-state index contributed by atoms with van der Waals surface area (Å²) in [6.45, 7) is 0. The van der Waals surface area contributed by atoms with Gasteiger partial charge in [-0.1, -0.05) is 41.0 Å². The van der Waals surface area contributed by atoms with Gasteiger partial charge in [-0.05, 0) is 12.1 Å². The minimum absolute atomic E-state index is 0.0349. The SMILES string of the molecule is CN(C)C1=NC(=O)C(CC(=O)Nc2cccc(Cl)c2Cl)S1. The van der Waals surface area contributed by atoms with Gasteiger partial charge in [0.25, 0.3) is 5.91 Å². The van der Waals surface area contributed by atoms with E-state index < -0.39 is 5.25 Å². The minimum atomic E-state index is -0.500. The lowest BCUT2D eigenvalue weighted by molar-refractivity contribution is -0.121. The smallest absolute Gasteiger partial charge is 0.262 e. The standard InChI is InChI=1S/C13H13Cl2N3O2S/c1-18(2)13-17-12(20)9(21-13)6-10(19)16-8-5-3-4-7(14)11(8)15/h3-5,9H,6H2,1-2H3,(H,16,19). The number of nitrogens with one attached hydrogen (secondary N) is 1. The molecule has 2 rings (SSSR count). The second-order valence-electron chi connectivity index (χ2n) is 4.59. The first-order valence-corrected chi connectivity index (χ1v) is 7.72. The molecule has 2 amide bonds. The fraction of sp³-hybridized carbons (Fsp3) is 0.308. The Balaban J connectivity index is 1.97. The van der Waals surface area contributed by atoms with E-state index >= 15 is 0 Å². The molecule has 1 unspecified atom stereocenters. The molecule has 0 spiro atoms. The Morgan fingerprint density at radius 1 is 1.43 bits per heavy atom. The molecule has 1 aliphatic heterocycles. The summed E-state index contributed by atoms with van der Waals surface area (Å²) in [5.74, 6) is -0.601. The summed E-state index contributed by atoms with van der Waals surface area (Å²) < 4.78 is 0. The normalized spacial score (nSPS) is 17.6. The highest BCUT2D eigenvalue weighted by Crippen LogP contribution is 2.31. The Bertz CT molecular complexity index is 619. The van der Waals surface area contributed by atoms with Crippen molar-refractivity contribution >= 4 is 57.6 Å². The number of amides is 2. The summed E-state index contributed by atoms with van der Waals surface area (Å²) >= 11 is 13.2. The van der Waals surface area contributed by atoms with Crippen LogP contribution in [0.5, 0.6) is 0 Å². The maximum absolute atomic E-state index is 12.0. The molecule has 0 saturated heterocycles. The van der Waals surface area contributed by atoms with Crippen molar-refractivity contribution in [2.75, 3.05) is 19.4 Å². The summed E-state index contributed by atoms with van der Waals surface area (Å²) in [6, 6.07) is 4.97. The molecule has 1 aromatic carbocycles. The Morgan fingerprint density at radius 2 is 2.14 bits per heavy atom. The van der Waals surface area contributed by atoms with Crippen LogP contribution in [0.15, 0.2) is 23.2 Å². The number of hydrogen-bond donors (Lipinski definition) is 1. The van der Waals surface area contributed by atoms with Gasteiger partial charge in [-0.2, -0.15) is 4.99 Å². The zero-order valence-corrected chi connectivity index (χ0v) is 13.7. The third-order valence-electron chi connectivity index (χ3n) is 2.71. The lowest BCUT2D eigenvalue weighted by Crippen LogP contribution is -2.22. The van der Waals surface area contributed by atoms with Crippen molar-refractivity contribution in [3.05, 3.63) is 28.2 Å². The number of thioether (sulfide) groups is 1. The maximum atomic E-state index is 12.0. The maximum Gasteiger partial charge on any atom is 0.262 e. The highest BCUT2D eigenvalue weighted by Gasteiger charge is 2.31. The third kappa shape index (κ3) is 3.90. The molecule has 1 N–H and O–H groups in total. The van der Waals surface area contributed by atoms with Crippen molar-refractivity contribution in [3.63, 3.8) is 0 Å². The summed E-state index contributed by atoms with van der Waals surface area (Å²) in [5, 5.41) is 3.41. The molecule has 5 nitrogen and oxygen atoms in total. The van der Waals surface area contributed by atoms with E-state index in [0.29, 0.717) is 15.9 Å². The van der Waals surface area contributed by atoms with Gasteiger partial charge in [-0.25, -0.2) is 0 Å². The van der Waals surface area contributed by atoms with Gasteiger partial charge >= 0.3 is 0 Å². The van der Waals surface area contributed by atoms with Crippen LogP contribution >= 0.6 is 35.0 Å². The van der Waals surface area contributed by atoms with E-state index in [1.807, 2.05) is 0 Å². The fourth-order valence-corrected chi connectivity index (χ4v) is 3.02. The van der Waals surface area contributed by atoms with Crippen LogP contribution in [0.2, 0.25) is 10.0 Å². The summed E-state index contributed by atoms with van der Waals surface area (Å²) in [5.41, 5.74) is 0.429. The molecule has 1 aromatic rings. The van der Waals surface area contributed by atoms with Crippen molar-refractivity contribution in [2.24, 2.45) is 4.99 Å². The van der Waals surface area contributed by atoms with Gasteiger partial charge in [0.05, 0.1) is 15.7 Å². The average Bonchev–Trinajstić information content (AvgIpc) is 2.77. The largest absolute Gasteiger partial charge is 0.357 e. The van der Waals surface area contributed by atoms with E-state index in [-0.39, 0.29) is 23.3 Å². The Labute approximate surface area is 136 Å². The molecule has 1 heterocycles. The van der Waals surface area contributed by atoms with Gasteiger partial charge in [0.15, 0.2) is 5.17 Å². The van der Waals surface area contributed by atoms with Gasteiger partial charge < -0.3 is 10.2 Å². The molecule has 1 aliphatic rings. The predicted octanol–water partition coefficient (Wildman–Crippen LogP) is 2.88. The van der Waals surface area contributed by atoms with E-state index in [1.54, 1.807) is 37.2 Å². The van der Waals surface area contributed by atoms with Gasteiger partial charge in [-0.15, -0.1) is 0 Å². The van der Waals surface area contributed by atoms with Crippen LogP contribution in [0.1, 0.15) is 6.42 Å². The molecule has 0 fully saturated rings. The number of hydrogen-bond acceptors (Lipinski definition) is 4. The minimum Gasteiger partial charge on any atom is -0.357 e. The van der Waals surface area contributed by atoms with Crippen molar-refractivity contribution in [3.8, 4) is 0 Å². The number of carbonyl (C=O) groups is 2. The second kappa shape index (κ2) is 6.68. The number of benzene rings is 1. The van der Waals surface area contributed by atoms with Crippen LogP contribution in [-0.4, -0.2) is 41.2 Å². The summed E-state index contributed by atoms with van der Waals surface area (Å²) in [6.07, 6.45) is 0.0349. The molecular weight excluding hydrogens is 333 g/mol. The van der Waals surface area contributed by atoms with Gasteiger partial charge in [-0.3, -0.25) is 9.59 Å². The van der Waals surface area contributed by atoms with Gasteiger partial charge in [0, 0.05) is 20.5 Å². The molecule has 21 heavy (non-hydrogen) atoms. The first-order valence-electron chi connectivity index (χ1n) is 6.09. The molecule has 1 atom stereocenters. The summed E-state index contributed by atoms with van der Waals surface area (Å²) in [7, 11) is 3.60. The Kier molecular flexibility index (Phi) is 5.13. The van der Waals surface area contributed by atoms with E-state index in [2.05, 4.69) is 10.3 Å². The lowest BCUT2D eigenvalue weighted by atomic mass is 10.2. The van der Waals surface area contributed by atoms with Crippen LogP contribution in [0, 0.1) is 0 Å². The summed E-state index contributed by atoms with van der Waals surface area (Å²) in [4.78, 5) is 29.4. The first-order chi connectivity index (χ1) is 9.88. The average molecular weight is 346 g/mol. The third-order valence-corrected chi connectivity index (χ3v) is 4.85. The molecule has 0 aromatic heterocycles. The number of halogens is 2. The number of amidine groups is 1. The lowest BCUT2D eigenvalue weighted by Gasteiger charge is -2.12. The topological polar surface area (TPSA) is 61.8 Å². The van der Waals surface area contributed by atoms with Gasteiger partial charge in [0.2, 0.25) is 5.91 Å². The quantitative estimate of drug-likeness (QED) is 0.914. The van der Waals surface area contributed by atoms with Crippen molar-refractivity contribution in [2.45, 2.75) is 11.7 Å². The Morgan fingerprint density at radius 3 is 2.76 bits per heavy atom. The number of rotatable bonds is 3. The highest BCUT2D eigenvalue weighted by molar-refractivity contribution is 8.15. The van der Waals surface area contributed by atoms with Crippen LogP contribution < -0.4 is 5.32 Å². The molecule has 8 heteroatoms. The van der Waals surface area contributed by atoms with Crippen molar-refractivity contribution < 1.29 is 9.59 Å². The second-order valence-corrected chi connectivity index (χ2v) is 6.54. The number of anilines is 1. The molecule has 0 saturated carbocycles. The zero-order valence-electron chi connectivity index (χ0n) is 11.4. The van der Waals surface area contributed by atoms with Crippen LogP contribution in [0.3, 0.4) is 0 Å². The number of nitrogens with zero attached hydrogens (tertiary/aromatic N) is 2. The first kappa shape index (κ1) is 16.1. The molecular formula is C13H13Cl2N3O2S. The Hall–Kier alpha value is -1.24. The number of aliphatic imine (C=N–C) groups is 1. The van der Waals surface area contributed by atoms with E-state index in [1.165, 1.54) is 11.8 Å². The van der Waals surface area contributed by atoms with Crippen molar-refractivity contribution in [1.82, 2.24) is 4.90 Å².